The number of carbonyl (C=O) groups is 1. The number of aldehydes is 1. The highest BCUT2D eigenvalue weighted by molar-refractivity contribution is 6.32. The minimum atomic E-state index is 0.315. The van der Waals surface area contributed by atoms with Gasteiger partial charge >= 0.3 is 0 Å². The number of para-hydroxylation sites is 1. The lowest BCUT2D eigenvalue weighted by molar-refractivity contribution is 0.112. The minimum Gasteiger partial charge on any atom is -0.490 e. The second kappa shape index (κ2) is 8.29. The Morgan fingerprint density at radius 2 is 1.77 bits per heavy atom. The molecule has 116 valence electrons. The van der Waals surface area contributed by atoms with Crippen molar-refractivity contribution in [2.75, 3.05) is 19.8 Å². The van der Waals surface area contributed by atoms with E-state index in [1.165, 1.54) is 0 Å². The van der Waals surface area contributed by atoms with E-state index in [0.717, 1.165) is 12.0 Å². The molecule has 0 aliphatic heterocycles. The van der Waals surface area contributed by atoms with Crippen LogP contribution in [0.5, 0.6) is 17.2 Å². The first-order chi connectivity index (χ1) is 10.7. The van der Waals surface area contributed by atoms with Crippen LogP contribution in [0.15, 0.2) is 42.5 Å². The lowest BCUT2D eigenvalue weighted by Gasteiger charge is -2.14. The zero-order chi connectivity index (χ0) is 15.8. The molecule has 22 heavy (non-hydrogen) atoms. The topological polar surface area (TPSA) is 44.8 Å². The molecule has 0 heterocycles. The van der Waals surface area contributed by atoms with E-state index in [9.17, 15) is 4.79 Å². The maximum atomic E-state index is 10.9. The van der Waals surface area contributed by atoms with Crippen molar-refractivity contribution < 1.29 is 19.0 Å². The minimum absolute atomic E-state index is 0.315. The van der Waals surface area contributed by atoms with Gasteiger partial charge in [-0.15, -0.1) is 0 Å². The highest BCUT2D eigenvalue weighted by Gasteiger charge is 2.12. The van der Waals surface area contributed by atoms with Crippen molar-refractivity contribution >= 4 is 17.9 Å². The Morgan fingerprint density at radius 3 is 2.45 bits per heavy atom. The predicted molar refractivity (Wildman–Crippen MR) is 85.4 cm³/mol. The number of carbonyl (C=O) groups excluding carboxylic acids is 1. The van der Waals surface area contributed by atoms with Crippen molar-refractivity contribution in [2.45, 2.75) is 6.92 Å². The summed E-state index contributed by atoms with van der Waals surface area (Å²) in [5.41, 5.74) is 0.446. The van der Waals surface area contributed by atoms with E-state index in [0.29, 0.717) is 41.9 Å². The molecule has 0 fully saturated rings. The summed E-state index contributed by atoms with van der Waals surface area (Å²) in [4.78, 5) is 10.9. The second-order valence-electron chi connectivity index (χ2n) is 4.39. The molecule has 0 aliphatic carbocycles. The first-order valence-electron chi connectivity index (χ1n) is 6.96. The predicted octanol–water partition coefficient (Wildman–Crippen LogP) is 4.01. The van der Waals surface area contributed by atoms with Crippen LogP contribution in [-0.2, 0) is 0 Å². The van der Waals surface area contributed by atoms with Crippen molar-refractivity contribution in [1.29, 1.82) is 0 Å². The smallest absolute Gasteiger partial charge is 0.179 e. The third-order valence-corrected chi connectivity index (χ3v) is 3.09. The molecular weight excluding hydrogens is 304 g/mol. The van der Waals surface area contributed by atoms with Gasteiger partial charge in [-0.05, 0) is 31.2 Å². The molecule has 0 saturated heterocycles. The summed E-state index contributed by atoms with van der Waals surface area (Å²) in [5, 5.41) is 0.341. The van der Waals surface area contributed by atoms with Gasteiger partial charge in [0.15, 0.2) is 11.5 Å². The Morgan fingerprint density at radius 1 is 1.05 bits per heavy atom. The molecule has 0 saturated carbocycles. The molecule has 5 heteroatoms. The molecular formula is C17H17ClO4. The zero-order valence-corrected chi connectivity index (χ0v) is 13.0. The molecule has 0 bridgehead atoms. The van der Waals surface area contributed by atoms with Gasteiger partial charge in [0.05, 0.1) is 11.6 Å². The molecule has 0 unspecified atom stereocenters. The van der Waals surface area contributed by atoms with Gasteiger partial charge in [-0.3, -0.25) is 4.79 Å². The average Bonchev–Trinajstić information content (AvgIpc) is 2.54. The molecule has 0 N–H and O–H groups in total. The van der Waals surface area contributed by atoms with Gasteiger partial charge in [0.2, 0.25) is 0 Å². The SMILES string of the molecule is CCOc1cc(C=O)cc(Cl)c1OCCOc1ccccc1. The number of hydrogen-bond donors (Lipinski definition) is 0. The number of benzene rings is 2. The van der Waals surface area contributed by atoms with E-state index in [1.807, 2.05) is 37.3 Å². The van der Waals surface area contributed by atoms with Crippen LogP contribution >= 0.6 is 11.6 Å². The van der Waals surface area contributed by atoms with Crippen LogP contribution in [-0.4, -0.2) is 26.1 Å². The van der Waals surface area contributed by atoms with Gasteiger partial charge in [-0.2, -0.15) is 0 Å². The summed E-state index contributed by atoms with van der Waals surface area (Å²) in [6.07, 6.45) is 0.719. The van der Waals surface area contributed by atoms with Crippen molar-refractivity contribution in [1.82, 2.24) is 0 Å². The van der Waals surface area contributed by atoms with Crippen molar-refractivity contribution in [3.05, 3.63) is 53.1 Å². The highest BCUT2D eigenvalue weighted by Crippen LogP contribution is 2.36. The largest absolute Gasteiger partial charge is 0.490 e. The van der Waals surface area contributed by atoms with Crippen LogP contribution in [0.3, 0.4) is 0 Å². The summed E-state index contributed by atoms with van der Waals surface area (Å²) < 4.78 is 16.7. The van der Waals surface area contributed by atoms with Crippen LogP contribution in [0.25, 0.3) is 0 Å². The Bertz CT molecular complexity index is 614. The first kappa shape index (κ1) is 16.2. The molecule has 2 aromatic rings. The molecule has 2 aromatic carbocycles. The van der Waals surface area contributed by atoms with Crippen LogP contribution in [0, 0.1) is 0 Å². The molecule has 0 aromatic heterocycles. The maximum absolute atomic E-state index is 10.9. The molecule has 0 atom stereocenters. The molecule has 4 nitrogen and oxygen atoms in total. The van der Waals surface area contributed by atoms with E-state index < -0.39 is 0 Å². The van der Waals surface area contributed by atoms with E-state index in [-0.39, 0.29) is 0 Å². The Labute approximate surface area is 134 Å². The third kappa shape index (κ3) is 4.40. The number of rotatable bonds is 8. The van der Waals surface area contributed by atoms with Gasteiger partial charge in [-0.1, -0.05) is 29.8 Å². The van der Waals surface area contributed by atoms with Gasteiger partial charge in [0, 0.05) is 5.56 Å². The lowest BCUT2D eigenvalue weighted by Crippen LogP contribution is -2.10. The van der Waals surface area contributed by atoms with Gasteiger partial charge in [0.1, 0.15) is 25.2 Å². The molecule has 0 radical (unpaired) electrons. The monoisotopic (exact) mass is 320 g/mol. The summed E-state index contributed by atoms with van der Waals surface area (Å²) in [6, 6.07) is 12.6. The van der Waals surface area contributed by atoms with Gasteiger partial charge < -0.3 is 14.2 Å². The third-order valence-electron chi connectivity index (χ3n) is 2.81. The molecule has 0 spiro atoms. The Hall–Kier alpha value is -2.20. The van der Waals surface area contributed by atoms with E-state index in [2.05, 4.69) is 0 Å². The summed E-state index contributed by atoms with van der Waals surface area (Å²) >= 11 is 6.14. The fraction of sp³-hybridized carbons (Fsp3) is 0.235. The van der Waals surface area contributed by atoms with Crippen LogP contribution in [0.2, 0.25) is 5.02 Å². The summed E-state index contributed by atoms with van der Waals surface area (Å²) in [5.74, 6) is 1.65. The highest BCUT2D eigenvalue weighted by atomic mass is 35.5. The quantitative estimate of drug-likeness (QED) is 0.544. The molecule has 2 rings (SSSR count). The molecule has 0 aliphatic rings. The van der Waals surface area contributed by atoms with Crippen LogP contribution < -0.4 is 14.2 Å². The zero-order valence-electron chi connectivity index (χ0n) is 12.3. The normalized spacial score (nSPS) is 10.1. The standard InChI is InChI=1S/C17H17ClO4/c1-2-20-16-11-13(12-19)10-15(18)17(16)22-9-8-21-14-6-4-3-5-7-14/h3-7,10-12H,2,8-9H2,1H3. The average molecular weight is 321 g/mol. The molecule has 0 amide bonds. The van der Waals surface area contributed by atoms with Crippen LogP contribution in [0.4, 0.5) is 0 Å². The van der Waals surface area contributed by atoms with Crippen molar-refractivity contribution in [3.63, 3.8) is 0 Å². The van der Waals surface area contributed by atoms with Crippen LogP contribution in [0.1, 0.15) is 17.3 Å². The summed E-state index contributed by atoms with van der Waals surface area (Å²) in [7, 11) is 0. The van der Waals surface area contributed by atoms with Gasteiger partial charge in [0.25, 0.3) is 0 Å². The number of ether oxygens (including phenoxy) is 3. The van der Waals surface area contributed by atoms with E-state index in [4.69, 9.17) is 25.8 Å². The Kier molecular flexibility index (Phi) is 6.10. The Balaban J connectivity index is 1.98. The lowest BCUT2D eigenvalue weighted by atomic mass is 10.2. The fourth-order valence-corrected chi connectivity index (χ4v) is 2.15. The van der Waals surface area contributed by atoms with E-state index in [1.54, 1.807) is 12.1 Å². The first-order valence-corrected chi connectivity index (χ1v) is 7.34. The summed E-state index contributed by atoms with van der Waals surface area (Å²) in [6.45, 7) is 3.00. The fourth-order valence-electron chi connectivity index (χ4n) is 1.88. The number of halogens is 1. The van der Waals surface area contributed by atoms with Crippen molar-refractivity contribution in [2.24, 2.45) is 0 Å². The van der Waals surface area contributed by atoms with Crippen molar-refractivity contribution in [3.8, 4) is 17.2 Å². The maximum Gasteiger partial charge on any atom is 0.179 e. The second-order valence-corrected chi connectivity index (χ2v) is 4.80. The number of hydrogen-bond acceptors (Lipinski definition) is 4. The van der Waals surface area contributed by atoms with E-state index >= 15 is 0 Å². The van der Waals surface area contributed by atoms with Gasteiger partial charge in [-0.25, -0.2) is 0 Å².